The second-order valence-electron chi connectivity index (χ2n) is 5.75. The molecule has 25 heavy (non-hydrogen) atoms. The molecule has 0 aliphatic rings. The maximum atomic E-state index is 11.7. The second kappa shape index (κ2) is 6.68. The van der Waals surface area contributed by atoms with E-state index in [1.165, 1.54) is 19.2 Å². The predicted octanol–water partition coefficient (Wildman–Crippen LogP) is 3.01. The summed E-state index contributed by atoms with van der Waals surface area (Å²) in [6, 6.07) is 10.5. The highest BCUT2D eigenvalue weighted by Gasteiger charge is 2.14. The monoisotopic (exact) mass is 336 g/mol. The van der Waals surface area contributed by atoms with Crippen LogP contribution in [0.4, 0.5) is 0 Å². The number of benzene rings is 1. The van der Waals surface area contributed by atoms with Gasteiger partial charge in [0.2, 0.25) is 0 Å². The number of nitrogens with zero attached hydrogens (tertiary/aromatic N) is 2. The molecule has 0 unspecified atom stereocenters. The summed E-state index contributed by atoms with van der Waals surface area (Å²) < 4.78 is 4.64. The fourth-order valence-electron chi connectivity index (χ4n) is 2.62. The van der Waals surface area contributed by atoms with Gasteiger partial charge in [0.1, 0.15) is 5.69 Å². The number of hydrogen-bond donors (Lipinski definition) is 1. The van der Waals surface area contributed by atoms with Gasteiger partial charge in [-0.3, -0.25) is 4.98 Å². The van der Waals surface area contributed by atoms with Crippen LogP contribution < -0.4 is 0 Å². The summed E-state index contributed by atoms with van der Waals surface area (Å²) in [6.07, 6.45) is 2.21. The van der Waals surface area contributed by atoms with Crippen LogP contribution in [0.2, 0.25) is 0 Å². The molecule has 1 N–H and O–H groups in total. The molecule has 6 heteroatoms. The number of methoxy groups -OCH3 is 1. The van der Waals surface area contributed by atoms with Crippen LogP contribution in [0.25, 0.3) is 10.9 Å². The van der Waals surface area contributed by atoms with Crippen LogP contribution in [0, 0.1) is 6.92 Å². The zero-order chi connectivity index (χ0) is 18.0. The van der Waals surface area contributed by atoms with Crippen LogP contribution in [0.5, 0.6) is 0 Å². The van der Waals surface area contributed by atoms with Crippen molar-refractivity contribution in [2.45, 2.75) is 13.3 Å². The molecule has 1 aromatic carbocycles. The molecule has 0 saturated heterocycles. The average molecular weight is 336 g/mol. The molecule has 3 rings (SSSR count). The number of esters is 1. The van der Waals surface area contributed by atoms with E-state index in [9.17, 15) is 14.7 Å². The molecule has 0 saturated carbocycles. The lowest BCUT2D eigenvalue weighted by molar-refractivity contribution is 0.0593. The molecular weight excluding hydrogens is 320 g/mol. The van der Waals surface area contributed by atoms with Gasteiger partial charge >= 0.3 is 11.9 Å². The number of carbonyl (C=O) groups is 2. The highest BCUT2D eigenvalue weighted by atomic mass is 16.5. The minimum atomic E-state index is -1.12. The Hall–Kier alpha value is -3.28. The average Bonchev–Trinajstić information content (AvgIpc) is 2.60. The van der Waals surface area contributed by atoms with Crippen LogP contribution in [0.1, 0.15) is 37.7 Å². The van der Waals surface area contributed by atoms with Crippen molar-refractivity contribution in [1.29, 1.82) is 0 Å². The van der Waals surface area contributed by atoms with E-state index in [2.05, 4.69) is 14.7 Å². The van der Waals surface area contributed by atoms with Crippen molar-refractivity contribution < 1.29 is 19.4 Å². The fourth-order valence-corrected chi connectivity index (χ4v) is 2.62. The Morgan fingerprint density at radius 2 is 1.96 bits per heavy atom. The first-order valence-corrected chi connectivity index (χ1v) is 7.64. The van der Waals surface area contributed by atoms with Gasteiger partial charge in [-0.25, -0.2) is 14.6 Å². The zero-order valence-electron chi connectivity index (χ0n) is 13.8. The number of aromatic carboxylic acids is 1. The van der Waals surface area contributed by atoms with E-state index in [4.69, 9.17) is 0 Å². The standard InChI is InChI=1S/C19H16N2O4/c1-11-5-13-6-12(3-4-16(13)20-10-11)7-15-8-14(18(22)23)9-17(21-15)19(24)25-2/h3-6,8-10H,7H2,1-2H3,(H,22,23). The van der Waals surface area contributed by atoms with Crippen molar-refractivity contribution in [3.05, 3.63) is 70.7 Å². The molecule has 126 valence electrons. The minimum Gasteiger partial charge on any atom is -0.478 e. The molecule has 0 radical (unpaired) electrons. The van der Waals surface area contributed by atoms with Gasteiger partial charge in [0.15, 0.2) is 0 Å². The van der Waals surface area contributed by atoms with E-state index in [-0.39, 0.29) is 11.3 Å². The third-order valence-electron chi connectivity index (χ3n) is 3.79. The van der Waals surface area contributed by atoms with Crippen LogP contribution >= 0.6 is 0 Å². The summed E-state index contributed by atoms with van der Waals surface area (Å²) in [5.74, 6) is -1.78. The van der Waals surface area contributed by atoms with Gasteiger partial charge in [-0.15, -0.1) is 0 Å². The van der Waals surface area contributed by atoms with Gasteiger partial charge in [-0.05, 0) is 48.4 Å². The second-order valence-corrected chi connectivity index (χ2v) is 5.75. The third-order valence-corrected chi connectivity index (χ3v) is 3.79. The highest BCUT2D eigenvalue weighted by Crippen LogP contribution is 2.18. The third kappa shape index (κ3) is 3.63. The number of carbonyl (C=O) groups excluding carboxylic acids is 1. The lowest BCUT2D eigenvalue weighted by Crippen LogP contribution is -2.10. The first-order valence-electron chi connectivity index (χ1n) is 7.64. The molecule has 0 aliphatic carbocycles. The maximum Gasteiger partial charge on any atom is 0.356 e. The molecule has 0 spiro atoms. The lowest BCUT2D eigenvalue weighted by Gasteiger charge is -2.07. The van der Waals surface area contributed by atoms with Crippen molar-refractivity contribution >= 4 is 22.8 Å². The number of carboxylic acid groups (broad SMARTS) is 1. The summed E-state index contributed by atoms with van der Waals surface area (Å²) in [4.78, 5) is 31.6. The summed E-state index contributed by atoms with van der Waals surface area (Å²) >= 11 is 0. The largest absolute Gasteiger partial charge is 0.478 e. The number of rotatable bonds is 4. The van der Waals surface area contributed by atoms with Crippen molar-refractivity contribution in [3.63, 3.8) is 0 Å². The Morgan fingerprint density at radius 1 is 1.16 bits per heavy atom. The van der Waals surface area contributed by atoms with Crippen LogP contribution in [0.15, 0.2) is 42.6 Å². The number of aromatic nitrogens is 2. The first kappa shape index (κ1) is 16.6. The van der Waals surface area contributed by atoms with Crippen molar-refractivity contribution in [1.82, 2.24) is 9.97 Å². The summed E-state index contributed by atoms with van der Waals surface area (Å²) in [6.45, 7) is 1.97. The summed E-state index contributed by atoms with van der Waals surface area (Å²) in [5, 5.41) is 10.2. The summed E-state index contributed by atoms with van der Waals surface area (Å²) in [5.41, 5.74) is 3.37. The Kier molecular flexibility index (Phi) is 4.43. The van der Waals surface area contributed by atoms with E-state index in [0.29, 0.717) is 12.1 Å². The van der Waals surface area contributed by atoms with E-state index in [1.54, 1.807) is 0 Å². The topological polar surface area (TPSA) is 89.4 Å². The van der Waals surface area contributed by atoms with Gasteiger partial charge < -0.3 is 9.84 Å². The number of carboxylic acids is 1. The van der Waals surface area contributed by atoms with Gasteiger partial charge in [-0.2, -0.15) is 0 Å². The molecule has 0 aliphatic heterocycles. The minimum absolute atomic E-state index is 0.00343. The molecule has 0 fully saturated rings. The smallest absolute Gasteiger partial charge is 0.356 e. The Morgan fingerprint density at radius 3 is 2.68 bits per heavy atom. The van der Waals surface area contributed by atoms with Crippen molar-refractivity contribution in [2.24, 2.45) is 0 Å². The van der Waals surface area contributed by atoms with Gasteiger partial charge in [-0.1, -0.05) is 6.07 Å². The Labute approximate surface area is 144 Å². The molecule has 2 aromatic heterocycles. The zero-order valence-corrected chi connectivity index (χ0v) is 13.8. The predicted molar refractivity (Wildman–Crippen MR) is 91.8 cm³/mol. The van der Waals surface area contributed by atoms with Gasteiger partial charge in [0.05, 0.1) is 18.2 Å². The van der Waals surface area contributed by atoms with E-state index in [0.717, 1.165) is 22.0 Å². The number of aryl methyl sites for hydroxylation is 1. The highest BCUT2D eigenvalue weighted by molar-refractivity contribution is 5.93. The molecule has 0 amide bonds. The Bertz CT molecular complexity index is 982. The molecule has 3 aromatic rings. The number of hydrogen-bond acceptors (Lipinski definition) is 5. The quantitative estimate of drug-likeness (QED) is 0.737. The maximum absolute atomic E-state index is 11.7. The van der Waals surface area contributed by atoms with E-state index < -0.39 is 11.9 Å². The SMILES string of the molecule is COC(=O)c1cc(C(=O)O)cc(Cc2ccc3ncc(C)cc3c2)n1. The molecule has 6 nitrogen and oxygen atoms in total. The van der Waals surface area contributed by atoms with Crippen LogP contribution in [-0.2, 0) is 11.2 Å². The molecule has 2 heterocycles. The number of fused-ring (bicyclic) bond motifs is 1. The van der Waals surface area contributed by atoms with Crippen LogP contribution in [-0.4, -0.2) is 34.1 Å². The number of ether oxygens (including phenoxy) is 1. The van der Waals surface area contributed by atoms with E-state index in [1.807, 2.05) is 37.4 Å². The lowest BCUT2D eigenvalue weighted by atomic mass is 10.0. The molecular formula is C19H16N2O4. The van der Waals surface area contributed by atoms with Crippen molar-refractivity contribution in [3.8, 4) is 0 Å². The fraction of sp³-hybridized carbons (Fsp3) is 0.158. The van der Waals surface area contributed by atoms with Crippen molar-refractivity contribution in [2.75, 3.05) is 7.11 Å². The van der Waals surface area contributed by atoms with Gasteiger partial charge in [0.25, 0.3) is 0 Å². The van der Waals surface area contributed by atoms with Gasteiger partial charge in [0, 0.05) is 23.7 Å². The van der Waals surface area contributed by atoms with E-state index >= 15 is 0 Å². The number of pyridine rings is 2. The molecule has 0 bridgehead atoms. The van der Waals surface area contributed by atoms with Crippen LogP contribution in [0.3, 0.4) is 0 Å². The first-order chi connectivity index (χ1) is 12.0. The normalized spacial score (nSPS) is 10.6. The summed E-state index contributed by atoms with van der Waals surface area (Å²) in [7, 11) is 1.23. The Balaban J connectivity index is 2.00. The molecule has 0 atom stereocenters.